The third-order valence-corrected chi connectivity index (χ3v) is 3.48. The Morgan fingerprint density at radius 3 is 2.43 bits per heavy atom. The zero-order valence-corrected chi connectivity index (χ0v) is 14.3. The first-order chi connectivity index (χ1) is 10.7. The number of aromatic nitrogens is 1. The number of carbonyl (C=O) groups is 1. The standard InChI is InChI=1S/C17H20N2O3.ClH/c1-12-15(21-2)5-4-13(16(12)22-3)8-11-19-17(20)14-6-9-18-10-7-14;/h4-7,9-10H,8,11H2,1-3H3,(H,19,20);1H. The number of pyridine rings is 1. The maximum Gasteiger partial charge on any atom is 0.251 e. The van der Waals surface area contributed by atoms with E-state index in [1.54, 1.807) is 38.7 Å². The molecule has 0 fully saturated rings. The number of nitrogens with one attached hydrogen (secondary N) is 1. The molecular formula is C17H21ClN2O3. The van der Waals surface area contributed by atoms with Crippen molar-refractivity contribution in [2.75, 3.05) is 20.8 Å². The maximum absolute atomic E-state index is 12.0. The molecule has 1 aromatic heterocycles. The van der Waals surface area contributed by atoms with Gasteiger partial charge in [0.2, 0.25) is 0 Å². The molecule has 0 saturated heterocycles. The van der Waals surface area contributed by atoms with Crippen LogP contribution in [0.25, 0.3) is 0 Å². The van der Waals surface area contributed by atoms with Gasteiger partial charge in [0.15, 0.2) is 0 Å². The van der Waals surface area contributed by atoms with Gasteiger partial charge in [-0.1, -0.05) is 6.07 Å². The molecule has 1 aromatic carbocycles. The SMILES string of the molecule is COc1ccc(CCNC(=O)c2ccncc2)c(OC)c1C.Cl. The second-order valence-corrected chi connectivity index (χ2v) is 4.83. The number of benzene rings is 1. The summed E-state index contributed by atoms with van der Waals surface area (Å²) >= 11 is 0. The number of amides is 1. The predicted octanol–water partition coefficient (Wildman–Crippen LogP) is 2.80. The topological polar surface area (TPSA) is 60.5 Å². The number of ether oxygens (including phenoxy) is 2. The van der Waals surface area contributed by atoms with E-state index in [0.717, 1.165) is 22.6 Å². The Hall–Kier alpha value is -2.27. The van der Waals surface area contributed by atoms with Crippen molar-refractivity contribution in [2.45, 2.75) is 13.3 Å². The Morgan fingerprint density at radius 2 is 1.83 bits per heavy atom. The van der Waals surface area contributed by atoms with Gasteiger partial charge in [-0.3, -0.25) is 9.78 Å². The fraction of sp³-hybridized carbons (Fsp3) is 0.294. The van der Waals surface area contributed by atoms with Gasteiger partial charge in [-0.05, 0) is 37.1 Å². The normalized spacial score (nSPS) is 9.70. The van der Waals surface area contributed by atoms with Crippen LogP contribution >= 0.6 is 12.4 Å². The van der Waals surface area contributed by atoms with Crippen LogP contribution in [0, 0.1) is 6.92 Å². The lowest BCUT2D eigenvalue weighted by molar-refractivity contribution is 0.0954. The highest BCUT2D eigenvalue weighted by atomic mass is 35.5. The van der Waals surface area contributed by atoms with Crippen LogP contribution in [0.15, 0.2) is 36.7 Å². The van der Waals surface area contributed by atoms with Crippen molar-refractivity contribution in [1.29, 1.82) is 0 Å². The molecule has 0 bridgehead atoms. The molecule has 23 heavy (non-hydrogen) atoms. The third-order valence-electron chi connectivity index (χ3n) is 3.48. The number of methoxy groups -OCH3 is 2. The third kappa shape index (κ3) is 4.60. The molecular weight excluding hydrogens is 316 g/mol. The van der Waals surface area contributed by atoms with E-state index in [-0.39, 0.29) is 18.3 Å². The summed E-state index contributed by atoms with van der Waals surface area (Å²) in [7, 11) is 3.28. The van der Waals surface area contributed by atoms with Crippen molar-refractivity contribution in [1.82, 2.24) is 10.3 Å². The molecule has 0 saturated carbocycles. The number of carbonyl (C=O) groups excluding carboxylic acids is 1. The van der Waals surface area contributed by atoms with E-state index in [1.165, 1.54) is 0 Å². The average Bonchev–Trinajstić information content (AvgIpc) is 2.56. The lowest BCUT2D eigenvalue weighted by Crippen LogP contribution is -2.25. The van der Waals surface area contributed by atoms with Crippen LogP contribution in [0.4, 0.5) is 0 Å². The van der Waals surface area contributed by atoms with Crippen molar-refractivity contribution in [3.8, 4) is 11.5 Å². The van der Waals surface area contributed by atoms with Crippen molar-refractivity contribution < 1.29 is 14.3 Å². The zero-order valence-electron chi connectivity index (χ0n) is 13.5. The number of halogens is 1. The number of nitrogens with zero attached hydrogens (tertiary/aromatic N) is 1. The molecule has 5 nitrogen and oxygen atoms in total. The first-order valence-electron chi connectivity index (χ1n) is 7.06. The number of hydrogen-bond acceptors (Lipinski definition) is 4. The van der Waals surface area contributed by atoms with Gasteiger partial charge >= 0.3 is 0 Å². The Labute approximate surface area is 142 Å². The van der Waals surface area contributed by atoms with Gasteiger partial charge in [0.05, 0.1) is 14.2 Å². The van der Waals surface area contributed by atoms with Gasteiger partial charge in [0.25, 0.3) is 5.91 Å². The Balaban J connectivity index is 0.00000264. The molecule has 0 aliphatic rings. The monoisotopic (exact) mass is 336 g/mol. The molecule has 6 heteroatoms. The van der Waals surface area contributed by atoms with E-state index in [9.17, 15) is 4.79 Å². The van der Waals surface area contributed by atoms with Gasteiger partial charge in [0, 0.05) is 30.1 Å². The molecule has 2 aromatic rings. The molecule has 0 aliphatic carbocycles. The fourth-order valence-corrected chi connectivity index (χ4v) is 2.35. The predicted molar refractivity (Wildman–Crippen MR) is 91.8 cm³/mol. The fourth-order valence-electron chi connectivity index (χ4n) is 2.35. The lowest BCUT2D eigenvalue weighted by atomic mass is 10.1. The van der Waals surface area contributed by atoms with E-state index < -0.39 is 0 Å². The summed E-state index contributed by atoms with van der Waals surface area (Å²) in [5.74, 6) is 1.49. The first-order valence-corrected chi connectivity index (χ1v) is 7.06. The van der Waals surface area contributed by atoms with Crippen molar-refractivity contribution >= 4 is 18.3 Å². The number of hydrogen-bond donors (Lipinski definition) is 1. The smallest absolute Gasteiger partial charge is 0.251 e. The summed E-state index contributed by atoms with van der Waals surface area (Å²) < 4.78 is 10.7. The van der Waals surface area contributed by atoms with Crippen LogP contribution in [0.5, 0.6) is 11.5 Å². The highest BCUT2D eigenvalue weighted by molar-refractivity contribution is 5.93. The average molecular weight is 337 g/mol. The van der Waals surface area contributed by atoms with Crippen molar-refractivity contribution in [2.24, 2.45) is 0 Å². The van der Waals surface area contributed by atoms with E-state index in [2.05, 4.69) is 10.3 Å². The molecule has 1 amide bonds. The van der Waals surface area contributed by atoms with Gasteiger partial charge < -0.3 is 14.8 Å². The molecule has 0 radical (unpaired) electrons. The zero-order chi connectivity index (χ0) is 15.9. The molecule has 1 heterocycles. The van der Waals surface area contributed by atoms with Crippen LogP contribution in [0.1, 0.15) is 21.5 Å². The Bertz CT molecular complexity index is 648. The van der Waals surface area contributed by atoms with Crippen molar-refractivity contribution in [3.05, 3.63) is 53.3 Å². The first kappa shape index (κ1) is 18.8. The van der Waals surface area contributed by atoms with E-state index in [4.69, 9.17) is 9.47 Å². The Morgan fingerprint density at radius 1 is 1.13 bits per heavy atom. The molecule has 2 rings (SSSR count). The molecule has 124 valence electrons. The second kappa shape index (κ2) is 9.00. The van der Waals surface area contributed by atoms with E-state index >= 15 is 0 Å². The Kier molecular flexibility index (Phi) is 7.35. The second-order valence-electron chi connectivity index (χ2n) is 4.83. The van der Waals surface area contributed by atoms with Gasteiger partial charge in [0.1, 0.15) is 11.5 Å². The molecule has 0 spiro atoms. The largest absolute Gasteiger partial charge is 0.496 e. The minimum absolute atomic E-state index is 0. The van der Waals surface area contributed by atoms with Gasteiger partial charge in [-0.15, -0.1) is 12.4 Å². The van der Waals surface area contributed by atoms with Crippen LogP contribution in [-0.2, 0) is 6.42 Å². The highest BCUT2D eigenvalue weighted by Gasteiger charge is 2.11. The quantitative estimate of drug-likeness (QED) is 0.881. The van der Waals surface area contributed by atoms with Crippen LogP contribution in [0.3, 0.4) is 0 Å². The molecule has 0 aliphatic heterocycles. The summed E-state index contributed by atoms with van der Waals surface area (Å²) in [6.45, 7) is 2.49. The summed E-state index contributed by atoms with van der Waals surface area (Å²) in [5.41, 5.74) is 2.60. The van der Waals surface area contributed by atoms with Crippen LogP contribution in [0.2, 0.25) is 0 Å². The lowest BCUT2D eigenvalue weighted by Gasteiger charge is -2.14. The van der Waals surface area contributed by atoms with E-state index in [1.807, 2.05) is 19.1 Å². The highest BCUT2D eigenvalue weighted by Crippen LogP contribution is 2.31. The molecule has 0 atom stereocenters. The van der Waals surface area contributed by atoms with Gasteiger partial charge in [-0.25, -0.2) is 0 Å². The minimum Gasteiger partial charge on any atom is -0.496 e. The number of rotatable bonds is 6. The molecule has 1 N–H and O–H groups in total. The van der Waals surface area contributed by atoms with E-state index in [0.29, 0.717) is 18.5 Å². The minimum atomic E-state index is -0.105. The molecule has 0 unspecified atom stereocenters. The summed E-state index contributed by atoms with van der Waals surface area (Å²) in [6, 6.07) is 7.25. The van der Waals surface area contributed by atoms with Crippen LogP contribution < -0.4 is 14.8 Å². The summed E-state index contributed by atoms with van der Waals surface area (Å²) in [4.78, 5) is 15.9. The van der Waals surface area contributed by atoms with Crippen molar-refractivity contribution in [3.63, 3.8) is 0 Å². The van der Waals surface area contributed by atoms with Crippen LogP contribution in [-0.4, -0.2) is 31.7 Å². The van der Waals surface area contributed by atoms with Gasteiger partial charge in [-0.2, -0.15) is 0 Å². The summed E-state index contributed by atoms with van der Waals surface area (Å²) in [6.07, 6.45) is 3.89. The maximum atomic E-state index is 12.0. The summed E-state index contributed by atoms with van der Waals surface area (Å²) in [5, 5.41) is 2.89.